The molecule has 1 fully saturated rings. The van der Waals surface area contributed by atoms with E-state index in [4.69, 9.17) is 5.73 Å². The third kappa shape index (κ3) is 8.33. The second kappa shape index (κ2) is 12.4. The topological polar surface area (TPSA) is 124 Å². The minimum Gasteiger partial charge on any atom is -0.437 e. The molecular formula is C22H42BN8O2+. The molecule has 0 bridgehead atoms. The second-order valence-electron chi connectivity index (χ2n) is 9.88. The van der Waals surface area contributed by atoms with Gasteiger partial charge in [0, 0.05) is 50.5 Å². The highest BCUT2D eigenvalue weighted by Gasteiger charge is 2.29. The molecule has 184 valence electrons. The maximum absolute atomic E-state index is 12.2. The number of aromatic nitrogens is 2. The molecule has 0 aliphatic carbocycles. The first-order chi connectivity index (χ1) is 15.6. The quantitative estimate of drug-likeness (QED) is 0.297. The Balaban J connectivity index is 0.000000294. The number of hydrogen-bond donors (Lipinski definition) is 4. The number of nitrogens with one attached hydrogen (secondary N) is 2. The SMILES string of the molecule is CB(O)N1CCN[C@@H](C(=O)NCCC(C)(C)n2ccnc2)C1.CC(C)(CCN)[N+]1=CCN=C1. The molecular weight excluding hydrogens is 419 g/mol. The van der Waals surface area contributed by atoms with Crippen LogP contribution in [0.4, 0.5) is 0 Å². The average Bonchev–Trinajstić information content (AvgIpc) is 3.49. The number of rotatable bonds is 9. The number of carbonyl (C=O) groups is 1. The van der Waals surface area contributed by atoms with Crippen molar-refractivity contribution in [3.8, 4) is 0 Å². The first-order valence-corrected chi connectivity index (χ1v) is 11.8. The highest BCUT2D eigenvalue weighted by molar-refractivity contribution is 6.45. The van der Waals surface area contributed by atoms with E-state index in [-0.39, 0.29) is 23.0 Å². The largest absolute Gasteiger partial charge is 0.437 e. The van der Waals surface area contributed by atoms with Gasteiger partial charge in [0.15, 0.2) is 6.54 Å². The van der Waals surface area contributed by atoms with Crippen LogP contribution < -0.4 is 16.4 Å². The van der Waals surface area contributed by atoms with Gasteiger partial charge in [0.2, 0.25) is 5.91 Å². The molecule has 5 N–H and O–H groups in total. The first-order valence-electron chi connectivity index (χ1n) is 11.8. The van der Waals surface area contributed by atoms with E-state index >= 15 is 0 Å². The Hall–Kier alpha value is -2.08. The summed E-state index contributed by atoms with van der Waals surface area (Å²) in [5, 5.41) is 15.8. The molecule has 1 atom stereocenters. The number of nitrogens with zero attached hydrogens (tertiary/aromatic N) is 5. The summed E-state index contributed by atoms with van der Waals surface area (Å²) < 4.78 is 4.19. The Morgan fingerprint density at radius 3 is 2.70 bits per heavy atom. The van der Waals surface area contributed by atoms with Crippen LogP contribution in [0.25, 0.3) is 0 Å². The lowest BCUT2D eigenvalue weighted by Crippen LogP contribution is -2.60. The van der Waals surface area contributed by atoms with Crippen molar-refractivity contribution in [3.63, 3.8) is 0 Å². The monoisotopic (exact) mass is 461 g/mol. The van der Waals surface area contributed by atoms with Crippen LogP contribution in [-0.4, -0.2) is 100 Å². The summed E-state index contributed by atoms with van der Waals surface area (Å²) in [6.45, 7) is 14.5. The van der Waals surface area contributed by atoms with Gasteiger partial charge in [-0.25, -0.2) is 9.56 Å². The Bertz CT molecular complexity index is 792. The summed E-state index contributed by atoms with van der Waals surface area (Å²) in [6, 6.07) is -0.264. The van der Waals surface area contributed by atoms with E-state index in [1.807, 2.05) is 21.9 Å². The van der Waals surface area contributed by atoms with Gasteiger partial charge in [0.25, 0.3) is 6.34 Å². The van der Waals surface area contributed by atoms with Crippen molar-refractivity contribution in [2.24, 2.45) is 10.7 Å². The van der Waals surface area contributed by atoms with Crippen LogP contribution >= 0.6 is 0 Å². The van der Waals surface area contributed by atoms with Gasteiger partial charge in [-0.05, 0) is 47.5 Å². The van der Waals surface area contributed by atoms with Crippen molar-refractivity contribution in [1.29, 1.82) is 0 Å². The lowest BCUT2D eigenvalue weighted by molar-refractivity contribution is -0.482. The summed E-state index contributed by atoms with van der Waals surface area (Å²) in [4.78, 5) is 22.3. The van der Waals surface area contributed by atoms with Gasteiger partial charge in [-0.3, -0.25) is 4.79 Å². The molecule has 2 aliphatic rings. The molecule has 3 rings (SSSR count). The summed E-state index contributed by atoms with van der Waals surface area (Å²) in [7, 11) is -0.516. The molecule has 2 aliphatic heterocycles. The smallest absolute Gasteiger partial charge is 0.376 e. The summed E-state index contributed by atoms with van der Waals surface area (Å²) in [5.41, 5.74) is 5.54. The molecule has 0 saturated carbocycles. The number of aliphatic imine (C=N–C) groups is 1. The lowest BCUT2D eigenvalue weighted by Gasteiger charge is -2.34. The second-order valence-corrected chi connectivity index (χ2v) is 9.88. The average molecular weight is 461 g/mol. The predicted molar refractivity (Wildman–Crippen MR) is 134 cm³/mol. The van der Waals surface area contributed by atoms with Crippen LogP contribution in [0.15, 0.2) is 23.7 Å². The van der Waals surface area contributed by atoms with Gasteiger partial charge in [0.05, 0.1) is 12.4 Å². The Morgan fingerprint density at radius 1 is 1.36 bits per heavy atom. The molecule has 11 heteroatoms. The molecule has 0 unspecified atom stereocenters. The fourth-order valence-corrected chi connectivity index (χ4v) is 3.85. The Labute approximate surface area is 198 Å². The molecule has 33 heavy (non-hydrogen) atoms. The molecule has 10 nitrogen and oxygen atoms in total. The maximum Gasteiger partial charge on any atom is 0.376 e. The van der Waals surface area contributed by atoms with Gasteiger partial charge >= 0.3 is 7.05 Å². The molecule has 0 spiro atoms. The van der Waals surface area contributed by atoms with Crippen LogP contribution in [-0.2, 0) is 10.3 Å². The summed E-state index contributed by atoms with van der Waals surface area (Å²) >= 11 is 0. The van der Waals surface area contributed by atoms with Gasteiger partial charge in [-0.15, -0.1) is 0 Å². The normalized spacial score (nSPS) is 19.0. The third-order valence-corrected chi connectivity index (χ3v) is 6.34. The van der Waals surface area contributed by atoms with Gasteiger partial charge in [-0.2, -0.15) is 0 Å². The van der Waals surface area contributed by atoms with Crippen molar-refractivity contribution in [1.82, 2.24) is 25.0 Å². The Morgan fingerprint density at radius 2 is 2.12 bits per heavy atom. The predicted octanol–water partition coefficient (Wildman–Crippen LogP) is -0.252. The van der Waals surface area contributed by atoms with E-state index in [1.54, 1.807) is 19.3 Å². The van der Waals surface area contributed by atoms with E-state index in [0.29, 0.717) is 19.6 Å². The fraction of sp³-hybridized carbons (Fsp3) is 0.727. The van der Waals surface area contributed by atoms with Gasteiger partial charge in [-0.1, -0.05) is 4.99 Å². The molecule has 0 radical (unpaired) electrons. The number of nitrogens with two attached hydrogens (primary N) is 1. The van der Waals surface area contributed by atoms with E-state index in [1.165, 1.54) is 0 Å². The molecule has 3 heterocycles. The molecule has 1 aromatic heterocycles. The van der Waals surface area contributed by atoms with Crippen molar-refractivity contribution in [3.05, 3.63) is 18.7 Å². The van der Waals surface area contributed by atoms with Crippen LogP contribution in [0, 0.1) is 0 Å². The van der Waals surface area contributed by atoms with Crippen molar-refractivity contribution in [2.75, 3.05) is 39.3 Å². The van der Waals surface area contributed by atoms with Crippen LogP contribution in [0.3, 0.4) is 0 Å². The van der Waals surface area contributed by atoms with Crippen LogP contribution in [0.5, 0.6) is 0 Å². The van der Waals surface area contributed by atoms with Crippen LogP contribution in [0.2, 0.25) is 6.82 Å². The first kappa shape index (κ1) is 27.2. The number of piperazine rings is 1. The Kier molecular flexibility index (Phi) is 10.2. The van der Waals surface area contributed by atoms with Crippen LogP contribution in [0.1, 0.15) is 40.5 Å². The number of imidazole rings is 1. The van der Waals surface area contributed by atoms with Crippen molar-refractivity contribution in [2.45, 2.75) is 64.5 Å². The zero-order chi connectivity index (χ0) is 24.5. The summed E-state index contributed by atoms with van der Waals surface area (Å²) in [5.74, 6) is -0.00761. The number of carbonyl (C=O) groups excluding carboxylic acids is 1. The molecule has 0 aromatic carbocycles. The van der Waals surface area contributed by atoms with E-state index in [9.17, 15) is 9.82 Å². The van der Waals surface area contributed by atoms with Gasteiger partial charge < -0.3 is 30.8 Å². The van der Waals surface area contributed by atoms with E-state index in [0.717, 1.165) is 32.5 Å². The van der Waals surface area contributed by atoms with Crippen molar-refractivity contribution >= 4 is 25.5 Å². The minimum absolute atomic E-state index is 0.00761. The zero-order valence-electron chi connectivity index (χ0n) is 20.9. The zero-order valence-corrected chi connectivity index (χ0v) is 20.9. The lowest BCUT2D eigenvalue weighted by atomic mass is 9.83. The maximum atomic E-state index is 12.2. The standard InChI is InChI=1S/C14H26BN5O2.C8H16N3/c1-14(2,19-8-6-16-11-19)4-5-18-13(21)12-10-20(15(3)22)9-7-17-12;1-8(2,3-4-9)11-6-5-10-7-11/h6,8,11-12,17,22H,4-5,7,9-10H2,1-3H3,(H,18,21);6-7H,3-5,9H2,1-2H3/q;+1/t12-;/m1./s1. The molecule has 1 aromatic rings. The molecule has 1 amide bonds. The van der Waals surface area contributed by atoms with E-state index < -0.39 is 7.05 Å². The third-order valence-electron chi connectivity index (χ3n) is 6.34. The van der Waals surface area contributed by atoms with Crippen molar-refractivity contribution < 1.29 is 14.4 Å². The fourth-order valence-electron chi connectivity index (χ4n) is 3.85. The highest BCUT2D eigenvalue weighted by Crippen LogP contribution is 2.18. The molecule has 1 saturated heterocycles. The van der Waals surface area contributed by atoms with E-state index in [2.05, 4.69) is 59.1 Å². The van der Waals surface area contributed by atoms with Gasteiger partial charge in [0.1, 0.15) is 11.8 Å². The summed E-state index contributed by atoms with van der Waals surface area (Å²) in [6.07, 6.45) is 11.3. The highest BCUT2D eigenvalue weighted by atomic mass is 16.2. The minimum atomic E-state index is -0.516. The number of amides is 1. The number of hydrogen-bond acceptors (Lipinski definition) is 7.